The van der Waals surface area contributed by atoms with Gasteiger partial charge in [0, 0.05) is 55.8 Å². The summed E-state index contributed by atoms with van der Waals surface area (Å²) >= 11 is 1.47. The van der Waals surface area contributed by atoms with Gasteiger partial charge in [0.15, 0.2) is 0 Å². The van der Waals surface area contributed by atoms with Crippen LogP contribution in [-0.2, 0) is 29.5 Å². The predicted molar refractivity (Wildman–Crippen MR) is 167 cm³/mol. The Morgan fingerprint density at radius 3 is 2.38 bits per heavy atom. The van der Waals surface area contributed by atoms with Crippen LogP contribution in [0.1, 0.15) is 76.8 Å². The van der Waals surface area contributed by atoms with E-state index in [1.807, 2.05) is 39.0 Å². The summed E-state index contributed by atoms with van der Waals surface area (Å²) in [7, 11) is -3.63. The second kappa shape index (κ2) is 13.1. The maximum atomic E-state index is 13.7. The minimum absolute atomic E-state index is 0.0398. The first kappa shape index (κ1) is 30.4. The van der Waals surface area contributed by atoms with Gasteiger partial charge >= 0.3 is 0 Å². The molecule has 3 heterocycles. The highest BCUT2D eigenvalue weighted by Gasteiger charge is 2.32. The van der Waals surface area contributed by atoms with Gasteiger partial charge < -0.3 is 10.2 Å². The number of nitrogens with zero attached hydrogens (tertiary/aromatic N) is 3. The SMILES string of the molecule is CCN(CC)C(=O)c1c(NC(=O)c2ccc(S(=O)(=O)N3CCCCC3C)cc2)sc2c1CCN(Cc1ccccc1)C2. The second-order valence-corrected chi connectivity index (χ2v) is 14.1. The van der Waals surface area contributed by atoms with E-state index in [9.17, 15) is 18.0 Å². The monoisotopic (exact) mass is 608 g/mol. The van der Waals surface area contributed by atoms with Gasteiger partial charge in [-0.25, -0.2) is 8.42 Å². The highest BCUT2D eigenvalue weighted by molar-refractivity contribution is 7.89. The molecule has 1 N–H and O–H groups in total. The van der Waals surface area contributed by atoms with Crippen LogP contribution in [0.3, 0.4) is 0 Å². The molecular formula is C32H40N4O4S2. The van der Waals surface area contributed by atoms with E-state index in [4.69, 9.17) is 0 Å². The number of thiophene rings is 1. The fourth-order valence-corrected chi connectivity index (χ4v) is 8.91. The van der Waals surface area contributed by atoms with Crippen LogP contribution in [0, 0.1) is 0 Å². The number of anilines is 1. The number of carbonyl (C=O) groups is 2. The van der Waals surface area contributed by atoms with Gasteiger partial charge in [0.25, 0.3) is 11.8 Å². The third-order valence-electron chi connectivity index (χ3n) is 8.34. The maximum Gasteiger partial charge on any atom is 0.257 e. The summed E-state index contributed by atoms with van der Waals surface area (Å²) < 4.78 is 28.1. The van der Waals surface area contributed by atoms with E-state index >= 15 is 0 Å². The molecule has 2 amide bonds. The number of amides is 2. The standard InChI is InChI=1S/C32H40N4O4S2/c1-4-35(5-2)32(38)29-27-18-20-34(21-24-12-7-6-8-13-24)22-28(27)41-31(29)33-30(37)25-14-16-26(17-15-25)42(39,40)36-19-10-9-11-23(36)3/h6-8,12-17,23H,4-5,9-11,18-22H2,1-3H3,(H,33,37). The quantitative estimate of drug-likeness (QED) is 0.342. The van der Waals surface area contributed by atoms with E-state index in [0.717, 1.165) is 49.2 Å². The molecule has 1 atom stereocenters. The molecule has 1 fully saturated rings. The third-order valence-corrected chi connectivity index (χ3v) is 11.5. The van der Waals surface area contributed by atoms with Crippen LogP contribution >= 0.6 is 11.3 Å². The molecule has 5 rings (SSSR count). The molecule has 0 radical (unpaired) electrons. The number of hydrogen-bond donors (Lipinski definition) is 1. The van der Waals surface area contributed by atoms with Gasteiger partial charge in [-0.05, 0) is 75.4 Å². The van der Waals surface area contributed by atoms with Crippen LogP contribution in [0.2, 0.25) is 0 Å². The highest BCUT2D eigenvalue weighted by atomic mass is 32.2. The fraction of sp³-hybridized carbons (Fsp3) is 0.438. The van der Waals surface area contributed by atoms with E-state index < -0.39 is 10.0 Å². The average Bonchev–Trinajstić information content (AvgIpc) is 3.35. The van der Waals surface area contributed by atoms with Crippen molar-refractivity contribution in [2.24, 2.45) is 0 Å². The first-order chi connectivity index (χ1) is 20.2. The molecule has 0 saturated carbocycles. The van der Waals surface area contributed by atoms with Gasteiger partial charge in [-0.3, -0.25) is 14.5 Å². The molecule has 1 aromatic heterocycles. The Hall–Kier alpha value is -3.05. The zero-order valence-electron chi connectivity index (χ0n) is 24.6. The van der Waals surface area contributed by atoms with Crippen molar-refractivity contribution in [1.29, 1.82) is 0 Å². The molecule has 1 saturated heterocycles. The van der Waals surface area contributed by atoms with Crippen molar-refractivity contribution in [1.82, 2.24) is 14.1 Å². The van der Waals surface area contributed by atoms with Crippen LogP contribution in [0.15, 0.2) is 59.5 Å². The van der Waals surface area contributed by atoms with Crippen LogP contribution in [-0.4, -0.2) is 66.6 Å². The Labute approximate surface area is 253 Å². The smallest absolute Gasteiger partial charge is 0.257 e. The highest BCUT2D eigenvalue weighted by Crippen LogP contribution is 2.38. The largest absolute Gasteiger partial charge is 0.339 e. The van der Waals surface area contributed by atoms with Crippen LogP contribution in [0.5, 0.6) is 0 Å². The van der Waals surface area contributed by atoms with Gasteiger partial charge in [-0.2, -0.15) is 4.31 Å². The number of sulfonamides is 1. The molecule has 2 aromatic carbocycles. The molecule has 224 valence electrons. The van der Waals surface area contributed by atoms with E-state index in [-0.39, 0.29) is 22.8 Å². The van der Waals surface area contributed by atoms with E-state index in [2.05, 4.69) is 22.3 Å². The molecular weight excluding hydrogens is 569 g/mol. The lowest BCUT2D eigenvalue weighted by Crippen LogP contribution is -2.41. The van der Waals surface area contributed by atoms with Gasteiger partial charge in [-0.1, -0.05) is 36.8 Å². The topological polar surface area (TPSA) is 90.0 Å². The average molecular weight is 609 g/mol. The van der Waals surface area contributed by atoms with Crippen LogP contribution < -0.4 is 5.32 Å². The summed E-state index contributed by atoms with van der Waals surface area (Å²) in [6.45, 7) is 9.91. The summed E-state index contributed by atoms with van der Waals surface area (Å²) in [6.07, 6.45) is 3.47. The summed E-state index contributed by atoms with van der Waals surface area (Å²) in [5.74, 6) is -0.431. The number of carbonyl (C=O) groups excluding carboxylic acids is 2. The van der Waals surface area contributed by atoms with Crippen molar-refractivity contribution in [3.63, 3.8) is 0 Å². The van der Waals surface area contributed by atoms with Crippen molar-refractivity contribution in [3.8, 4) is 0 Å². The summed E-state index contributed by atoms with van der Waals surface area (Å²) in [6, 6.07) is 16.4. The van der Waals surface area contributed by atoms with Crippen LogP contribution in [0.4, 0.5) is 5.00 Å². The number of rotatable bonds is 9. The van der Waals surface area contributed by atoms with E-state index in [0.29, 0.717) is 42.3 Å². The van der Waals surface area contributed by atoms with Crippen molar-refractivity contribution < 1.29 is 18.0 Å². The minimum atomic E-state index is -3.63. The van der Waals surface area contributed by atoms with Crippen LogP contribution in [0.25, 0.3) is 0 Å². The first-order valence-corrected chi connectivity index (χ1v) is 17.1. The zero-order valence-corrected chi connectivity index (χ0v) is 26.3. The second-order valence-electron chi connectivity index (χ2n) is 11.1. The summed E-state index contributed by atoms with van der Waals surface area (Å²) in [5, 5.41) is 3.57. The lowest BCUT2D eigenvalue weighted by Gasteiger charge is -2.32. The predicted octanol–water partition coefficient (Wildman–Crippen LogP) is 5.60. The van der Waals surface area contributed by atoms with Crippen molar-refractivity contribution in [3.05, 3.63) is 81.7 Å². The van der Waals surface area contributed by atoms with Crippen molar-refractivity contribution in [2.45, 2.75) is 70.5 Å². The molecule has 3 aromatic rings. The van der Waals surface area contributed by atoms with Gasteiger partial charge in [-0.15, -0.1) is 11.3 Å². The molecule has 42 heavy (non-hydrogen) atoms. The molecule has 1 unspecified atom stereocenters. The molecule has 0 bridgehead atoms. The van der Waals surface area contributed by atoms with Gasteiger partial charge in [0.2, 0.25) is 10.0 Å². The van der Waals surface area contributed by atoms with Gasteiger partial charge in [0.1, 0.15) is 5.00 Å². The third kappa shape index (κ3) is 6.32. The molecule has 2 aliphatic heterocycles. The first-order valence-electron chi connectivity index (χ1n) is 14.9. The number of fused-ring (bicyclic) bond motifs is 1. The molecule has 0 spiro atoms. The lowest BCUT2D eigenvalue weighted by molar-refractivity contribution is 0.0772. The molecule has 10 heteroatoms. The normalized spacial score (nSPS) is 17.9. The number of hydrogen-bond acceptors (Lipinski definition) is 6. The zero-order chi connectivity index (χ0) is 29.9. The molecule has 0 aliphatic carbocycles. The number of benzene rings is 2. The van der Waals surface area contributed by atoms with E-state index in [1.54, 1.807) is 21.3 Å². The Kier molecular flexibility index (Phi) is 9.47. The maximum absolute atomic E-state index is 13.7. The molecule has 8 nitrogen and oxygen atoms in total. The number of piperidine rings is 1. The summed E-state index contributed by atoms with van der Waals surface area (Å²) in [4.78, 5) is 32.6. The number of nitrogens with one attached hydrogen (secondary N) is 1. The summed E-state index contributed by atoms with van der Waals surface area (Å²) in [5.41, 5.74) is 3.20. The molecule has 2 aliphatic rings. The van der Waals surface area contributed by atoms with Gasteiger partial charge in [0.05, 0.1) is 10.5 Å². The Bertz CT molecular complexity index is 1520. The Balaban J connectivity index is 1.38. The lowest BCUT2D eigenvalue weighted by atomic mass is 10.0. The van der Waals surface area contributed by atoms with Crippen molar-refractivity contribution in [2.75, 3.05) is 31.5 Å². The van der Waals surface area contributed by atoms with E-state index in [1.165, 1.54) is 29.0 Å². The Morgan fingerprint density at radius 2 is 1.71 bits per heavy atom. The van der Waals surface area contributed by atoms with Crippen molar-refractivity contribution >= 4 is 38.2 Å². The Morgan fingerprint density at radius 1 is 1.00 bits per heavy atom. The fourth-order valence-electron chi connectivity index (χ4n) is 5.93. The minimum Gasteiger partial charge on any atom is -0.339 e.